The van der Waals surface area contributed by atoms with Gasteiger partial charge in [0.25, 0.3) is 6.04 Å². The van der Waals surface area contributed by atoms with Crippen molar-refractivity contribution in [3.05, 3.63) is 31.9 Å². The normalized spacial score (nSPS) is 47.6. The van der Waals surface area contributed by atoms with E-state index in [1.54, 1.807) is 13.8 Å². The summed E-state index contributed by atoms with van der Waals surface area (Å²) in [6, 6.07) is -2.80. The second-order valence-corrected chi connectivity index (χ2v) is 20.8. The molecule has 3 unspecified atom stereocenters. The lowest BCUT2D eigenvalue weighted by Gasteiger charge is -2.66. The molecule has 0 aromatic rings. The lowest BCUT2D eigenvalue weighted by Crippen LogP contribution is -2.66. The van der Waals surface area contributed by atoms with E-state index in [-0.39, 0.29) is 39.4 Å². The minimum atomic E-state index is -1.96. The van der Waals surface area contributed by atoms with Crippen LogP contribution in [0.15, 0.2) is 11.6 Å². The predicted molar refractivity (Wildman–Crippen MR) is 212 cm³/mol. The van der Waals surface area contributed by atoms with E-state index in [2.05, 4.69) is 33.8 Å². The fourth-order valence-corrected chi connectivity index (χ4v) is 13.1. The van der Waals surface area contributed by atoms with Gasteiger partial charge in [0, 0.05) is 27.1 Å². The third-order valence-corrected chi connectivity index (χ3v) is 17.1. The molecule has 2 saturated heterocycles. The Morgan fingerprint density at radius 3 is 2.12 bits per heavy atom. The van der Waals surface area contributed by atoms with Crippen LogP contribution in [-0.2, 0) is 18.9 Å². The molecule has 2 heterocycles. The number of allylic oxidation sites excluding steroid dienone is 1. The van der Waals surface area contributed by atoms with Crippen molar-refractivity contribution in [1.82, 2.24) is 0 Å². The summed E-state index contributed by atoms with van der Waals surface area (Å²) >= 11 is 0. The van der Waals surface area contributed by atoms with Crippen molar-refractivity contribution in [2.24, 2.45) is 45.3 Å². The summed E-state index contributed by atoms with van der Waals surface area (Å²) in [5.74, 6) is 0.200. The number of aliphatic hydroxyl groups excluding tert-OH is 7. The average Bonchev–Trinajstić information content (AvgIpc) is 3.44. The Bertz CT molecular complexity index is 1610. The highest BCUT2D eigenvalue weighted by Gasteiger charge is 2.73. The van der Waals surface area contributed by atoms with E-state index >= 15 is 0 Å². The number of fused-ring (bicyclic) bond motifs is 5. The van der Waals surface area contributed by atoms with E-state index < -0.39 is 114 Å². The summed E-state index contributed by atoms with van der Waals surface area (Å²) in [5, 5.41) is 109. The van der Waals surface area contributed by atoms with Crippen LogP contribution < -0.4 is 0 Å². The summed E-state index contributed by atoms with van der Waals surface area (Å²) in [6.45, 7) is 14.6. The Kier molecular flexibility index (Phi) is 13.4. The third-order valence-electron chi connectivity index (χ3n) is 17.1. The summed E-state index contributed by atoms with van der Waals surface area (Å²) < 4.78 is 23.4. The van der Waals surface area contributed by atoms with Crippen LogP contribution in [0.5, 0.6) is 0 Å². The van der Waals surface area contributed by atoms with Crippen LogP contribution in [0.25, 0.3) is 0 Å². The molecular weight excluding hydrogens is 788 g/mol. The van der Waals surface area contributed by atoms with Crippen LogP contribution in [0.3, 0.4) is 0 Å². The highest BCUT2D eigenvalue weighted by Crippen LogP contribution is 2.75. The van der Waals surface area contributed by atoms with Crippen LogP contribution >= 0.6 is 0 Å². The third kappa shape index (κ3) is 7.75. The molecule has 20 atom stereocenters. The van der Waals surface area contributed by atoms with E-state index in [0.29, 0.717) is 38.5 Å². The molecule has 3 saturated carbocycles. The van der Waals surface area contributed by atoms with Crippen molar-refractivity contribution in [2.75, 3.05) is 13.2 Å². The van der Waals surface area contributed by atoms with Crippen molar-refractivity contribution in [1.29, 1.82) is 0 Å². The van der Waals surface area contributed by atoms with Gasteiger partial charge in [-0.05, 0) is 93.3 Å². The number of nitrogens with zero attached hydrogens (tertiary/aromatic N) is 2. The van der Waals surface area contributed by atoms with Crippen LogP contribution in [-0.4, -0.2) is 149 Å². The molecule has 0 aromatic heterocycles. The molecule has 0 amide bonds. The molecule has 2 aliphatic heterocycles. The first kappa shape index (κ1) is 47.5. The average molecular weight is 859 g/mol. The Labute approximate surface area is 351 Å². The van der Waals surface area contributed by atoms with Crippen molar-refractivity contribution in [3.63, 3.8) is 0 Å². The smallest absolute Gasteiger partial charge is 0.271 e. The molecule has 0 aromatic carbocycles. The number of rotatable bonds is 13. The lowest BCUT2D eigenvalue weighted by molar-refractivity contribution is -0.566. The predicted octanol–water partition coefficient (Wildman–Crippen LogP) is 1.69. The monoisotopic (exact) mass is 858 g/mol. The lowest BCUT2D eigenvalue weighted by atomic mass is 9.37. The van der Waals surface area contributed by atoms with E-state index in [9.17, 15) is 61.1 Å². The topological polar surface area (TPSA) is 285 Å². The number of hydrogen-bond acceptors (Lipinski definition) is 16. The zero-order valence-electron chi connectivity index (χ0n) is 36.2. The fourth-order valence-electron chi connectivity index (χ4n) is 13.1. The minimum absolute atomic E-state index is 0.00405. The summed E-state index contributed by atoms with van der Waals surface area (Å²) in [7, 11) is 0. The van der Waals surface area contributed by atoms with E-state index in [1.165, 1.54) is 0 Å². The van der Waals surface area contributed by atoms with Gasteiger partial charge in [-0.1, -0.05) is 53.2 Å². The van der Waals surface area contributed by atoms with Crippen molar-refractivity contribution < 1.29 is 69.6 Å². The van der Waals surface area contributed by atoms with Crippen LogP contribution in [0, 0.1) is 65.6 Å². The molecule has 5 fully saturated rings. The highest BCUT2D eigenvalue weighted by molar-refractivity contribution is 5.32. The first-order valence-corrected chi connectivity index (χ1v) is 21.7. The Morgan fingerprint density at radius 2 is 1.52 bits per heavy atom. The molecule has 18 heteroatoms. The van der Waals surface area contributed by atoms with Crippen LogP contribution in [0.2, 0.25) is 0 Å². The van der Waals surface area contributed by atoms with Gasteiger partial charge >= 0.3 is 0 Å². The maximum atomic E-state index is 13.3. The molecule has 0 spiro atoms. The second-order valence-electron chi connectivity index (χ2n) is 20.8. The SMILES string of the molecule is C[C@H](CC[C@@H](O)C(C)(C)O)C1CC[C@@]2(C)C3CC=C4C(CC[C@H](O[C@@H]5O[C@H](CO[C@@H]6O[C@H](CO)[C@@H](O)[C@H](O)[C@H]6O)[C@@H](O)[C@H]([N+](=O)[O-])[C@H]5O)C4(C)C)[C@]3(C)[C@H]([N+](=O)[O-])C[C@]12C. The fraction of sp³-hybridized carbons (Fsp3) is 0.952. The number of hydrogen-bond donors (Lipinski definition) is 8. The molecule has 6 rings (SSSR count). The van der Waals surface area contributed by atoms with Gasteiger partial charge in [-0.25, -0.2) is 0 Å². The minimum Gasteiger partial charge on any atom is -0.394 e. The van der Waals surface area contributed by atoms with Gasteiger partial charge in [0.15, 0.2) is 24.8 Å². The Balaban J connectivity index is 1.22. The molecule has 6 aliphatic rings. The first-order valence-electron chi connectivity index (χ1n) is 21.7. The number of aliphatic hydroxyl groups is 8. The maximum Gasteiger partial charge on any atom is 0.271 e. The molecule has 4 aliphatic carbocycles. The zero-order valence-corrected chi connectivity index (χ0v) is 36.2. The van der Waals surface area contributed by atoms with Gasteiger partial charge in [-0.2, -0.15) is 0 Å². The van der Waals surface area contributed by atoms with Crippen LogP contribution in [0.4, 0.5) is 0 Å². The number of nitro groups is 2. The number of ether oxygens (including phenoxy) is 4. The standard InChI is InChI=1S/C42H70N2O16/c1-20(9-13-28(46)39(4,5)52)21-15-16-40(6)26-12-10-22-23(42(26,8)27(43(53)54)17-41(21,40)7)11-14-29(38(22,2)3)60-37-33(49)30(44(55)56)31(47)25(59-37)19-57-36-35(51)34(50)32(48)24(18-45)58-36/h10,20-21,23-37,45-52H,9,11-19H2,1-8H3/t20-,21?,23?,24-,25-,26?,27-,28-,29+,30+,31-,32-,33-,34+,35-,36-,37+,40+,41-,42+/m1/s1. The quantitative estimate of drug-likeness (QED) is 0.0743. The molecule has 60 heavy (non-hydrogen) atoms. The largest absolute Gasteiger partial charge is 0.394 e. The van der Waals surface area contributed by atoms with Gasteiger partial charge in [-0.3, -0.25) is 20.2 Å². The summed E-state index contributed by atoms with van der Waals surface area (Å²) in [5.41, 5.74) is -2.26. The molecule has 0 bridgehead atoms. The molecular formula is C42H70N2O16. The van der Waals surface area contributed by atoms with Gasteiger partial charge in [0.1, 0.15) is 30.5 Å². The van der Waals surface area contributed by atoms with Gasteiger partial charge in [-0.15, -0.1) is 0 Å². The van der Waals surface area contributed by atoms with Gasteiger partial charge in [0.05, 0.1) is 31.0 Å². The van der Waals surface area contributed by atoms with Crippen LogP contribution in [0.1, 0.15) is 107 Å². The van der Waals surface area contributed by atoms with Gasteiger partial charge in [0.2, 0.25) is 6.04 Å². The molecule has 18 nitrogen and oxygen atoms in total. The molecule has 0 radical (unpaired) electrons. The summed E-state index contributed by atoms with van der Waals surface area (Å²) in [4.78, 5) is 24.7. The van der Waals surface area contributed by atoms with Crippen molar-refractivity contribution in [2.45, 2.75) is 192 Å². The zero-order chi connectivity index (χ0) is 44.7. The maximum absolute atomic E-state index is 13.3. The Morgan fingerprint density at radius 1 is 0.867 bits per heavy atom. The van der Waals surface area contributed by atoms with Crippen molar-refractivity contribution in [3.8, 4) is 0 Å². The molecule has 344 valence electrons. The second kappa shape index (κ2) is 16.9. The van der Waals surface area contributed by atoms with Crippen molar-refractivity contribution >= 4 is 0 Å². The molecule has 8 N–H and O–H groups in total. The Hall–Kier alpha value is -1.94. The van der Waals surface area contributed by atoms with E-state index in [4.69, 9.17) is 18.9 Å². The van der Waals surface area contributed by atoms with E-state index in [0.717, 1.165) is 18.4 Å². The van der Waals surface area contributed by atoms with Gasteiger partial charge < -0.3 is 59.8 Å². The highest BCUT2D eigenvalue weighted by atomic mass is 16.7. The summed E-state index contributed by atoms with van der Waals surface area (Å²) in [6.07, 6.45) is -9.33. The first-order chi connectivity index (χ1) is 27.8. The van der Waals surface area contributed by atoms with E-state index in [1.807, 2.05) is 13.8 Å².